The lowest BCUT2D eigenvalue weighted by atomic mass is 9.63. The Balaban J connectivity index is 1.15. The van der Waals surface area contributed by atoms with Gasteiger partial charge in [-0.25, -0.2) is 0 Å². The number of hydrogen-bond donors (Lipinski definition) is 3. The van der Waals surface area contributed by atoms with Crippen molar-refractivity contribution in [3.05, 3.63) is 70.8 Å². The Bertz CT molecular complexity index is 1270. The van der Waals surface area contributed by atoms with Gasteiger partial charge in [-0.3, -0.25) is 9.59 Å². The summed E-state index contributed by atoms with van der Waals surface area (Å²) in [7, 11) is 4.03. The Morgan fingerprint density at radius 1 is 0.932 bits per heavy atom. The van der Waals surface area contributed by atoms with Crippen LogP contribution in [-0.4, -0.2) is 47.0 Å². The number of benzene rings is 2. The van der Waals surface area contributed by atoms with E-state index in [0.29, 0.717) is 6.42 Å². The SMILES string of the molecule is CC1(C)CCC(C)(C)c2cc(C(=O)C=Cc3ccc(NCCCCC(NCCCCC[C@@H]4CCSS4)C(=O)O)cc3)ccc21. The molecule has 1 aliphatic heterocycles. The van der Waals surface area contributed by atoms with Gasteiger partial charge in [0.2, 0.25) is 0 Å². The largest absolute Gasteiger partial charge is 0.480 e. The zero-order valence-corrected chi connectivity index (χ0v) is 28.8. The maximum atomic E-state index is 13.0. The fraction of sp³-hybridized carbons (Fsp3) is 0.568. The van der Waals surface area contributed by atoms with E-state index in [1.807, 2.05) is 58.0 Å². The smallest absolute Gasteiger partial charge is 0.320 e. The summed E-state index contributed by atoms with van der Waals surface area (Å²) >= 11 is 0. The molecule has 0 spiro atoms. The third-order valence-electron chi connectivity index (χ3n) is 9.34. The van der Waals surface area contributed by atoms with E-state index < -0.39 is 12.0 Å². The molecule has 4 rings (SSSR count). The average molecular weight is 637 g/mol. The molecule has 240 valence electrons. The van der Waals surface area contributed by atoms with Crippen molar-refractivity contribution in [3.8, 4) is 0 Å². The van der Waals surface area contributed by atoms with Crippen LogP contribution in [0.2, 0.25) is 0 Å². The maximum absolute atomic E-state index is 13.0. The quantitative estimate of drug-likeness (QED) is 0.0691. The van der Waals surface area contributed by atoms with Crippen LogP contribution in [0.5, 0.6) is 0 Å². The van der Waals surface area contributed by atoms with E-state index in [1.54, 1.807) is 6.08 Å². The van der Waals surface area contributed by atoms with E-state index in [4.69, 9.17) is 0 Å². The summed E-state index contributed by atoms with van der Waals surface area (Å²) < 4.78 is 0. The highest BCUT2D eigenvalue weighted by molar-refractivity contribution is 8.77. The number of fused-ring (bicyclic) bond motifs is 1. The molecule has 1 saturated heterocycles. The lowest BCUT2D eigenvalue weighted by Crippen LogP contribution is -2.37. The molecule has 5 nitrogen and oxygen atoms in total. The van der Waals surface area contributed by atoms with Gasteiger partial charge in [0.05, 0.1) is 0 Å². The van der Waals surface area contributed by atoms with Gasteiger partial charge in [0, 0.05) is 28.8 Å². The second-order valence-corrected chi connectivity index (χ2v) is 16.6. The van der Waals surface area contributed by atoms with Crippen LogP contribution in [0.15, 0.2) is 48.5 Å². The molecule has 1 aliphatic carbocycles. The normalized spacial score (nSPS) is 19.5. The highest BCUT2D eigenvalue weighted by atomic mass is 33.1. The number of ketones is 1. The number of rotatable bonds is 17. The average Bonchev–Trinajstić information content (AvgIpc) is 3.52. The molecule has 7 heteroatoms. The summed E-state index contributed by atoms with van der Waals surface area (Å²) in [6, 6.07) is 13.9. The van der Waals surface area contributed by atoms with Crippen molar-refractivity contribution in [1.29, 1.82) is 0 Å². The molecule has 1 heterocycles. The Morgan fingerprint density at radius 2 is 1.66 bits per heavy atom. The van der Waals surface area contributed by atoms with Crippen LogP contribution in [0.25, 0.3) is 6.08 Å². The van der Waals surface area contributed by atoms with Gasteiger partial charge in [0.25, 0.3) is 0 Å². The standard InChI is InChI=1S/C37H52N2O3S2/c1-36(2)21-22-37(3,4)32-26-28(15-18-31(32)36)34(40)19-14-27-12-16-29(17-13-27)38-23-9-7-11-33(35(41)42)39-24-8-5-6-10-30-20-25-43-44-30/h12-19,26,30,33,38-39H,5-11,20-25H2,1-4H3,(H,41,42)/t30-,33?/m1/s1. The van der Waals surface area contributed by atoms with Crippen molar-refractivity contribution in [2.45, 2.75) is 114 Å². The molecular formula is C37H52N2O3S2. The molecular weight excluding hydrogens is 585 g/mol. The topological polar surface area (TPSA) is 78.4 Å². The van der Waals surface area contributed by atoms with E-state index >= 15 is 0 Å². The van der Waals surface area contributed by atoms with Crippen LogP contribution in [-0.2, 0) is 15.6 Å². The van der Waals surface area contributed by atoms with Crippen molar-refractivity contribution >= 4 is 45.1 Å². The molecule has 2 aliphatic rings. The lowest BCUT2D eigenvalue weighted by Gasteiger charge is -2.42. The molecule has 0 amide bonds. The summed E-state index contributed by atoms with van der Waals surface area (Å²) in [5.74, 6) is 0.564. The Hall–Kier alpha value is -2.22. The minimum Gasteiger partial charge on any atom is -0.480 e. The summed E-state index contributed by atoms with van der Waals surface area (Å²) in [6.07, 6.45) is 14.3. The van der Waals surface area contributed by atoms with Crippen molar-refractivity contribution in [1.82, 2.24) is 5.32 Å². The number of hydrogen-bond acceptors (Lipinski definition) is 6. The molecule has 0 saturated carbocycles. The molecule has 44 heavy (non-hydrogen) atoms. The third-order valence-corrected chi connectivity index (χ3v) is 12.3. The van der Waals surface area contributed by atoms with E-state index in [0.717, 1.165) is 67.3 Å². The number of carboxylic acids is 1. The number of unbranched alkanes of at least 4 members (excludes halogenated alkanes) is 3. The van der Waals surface area contributed by atoms with Gasteiger partial charge in [-0.15, -0.1) is 0 Å². The zero-order chi connectivity index (χ0) is 31.6. The first-order chi connectivity index (χ1) is 21.0. The van der Waals surface area contributed by atoms with Gasteiger partial charge in [-0.2, -0.15) is 0 Å². The van der Waals surface area contributed by atoms with E-state index in [9.17, 15) is 14.7 Å². The minimum absolute atomic E-state index is 0.0288. The number of carbonyl (C=O) groups excluding carboxylic acids is 1. The molecule has 0 radical (unpaired) electrons. The molecule has 3 N–H and O–H groups in total. The molecule has 2 aromatic rings. The number of carboxylic acid groups (broad SMARTS) is 1. The van der Waals surface area contributed by atoms with Crippen LogP contribution in [0, 0.1) is 0 Å². The minimum atomic E-state index is -0.751. The molecule has 1 unspecified atom stereocenters. The Morgan fingerprint density at radius 3 is 2.36 bits per heavy atom. The van der Waals surface area contributed by atoms with E-state index in [1.165, 1.54) is 42.6 Å². The summed E-state index contributed by atoms with van der Waals surface area (Å²) in [6.45, 7) is 10.7. The molecule has 1 fully saturated rings. The molecule has 0 bridgehead atoms. The van der Waals surface area contributed by atoms with Crippen molar-refractivity contribution in [2.24, 2.45) is 0 Å². The molecule has 2 aromatic carbocycles. The first-order valence-corrected chi connectivity index (χ1v) is 18.9. The number of nitrogens with one attached hydrogen (secondary N) is 2. The number of aliphatic carboxylic acids is 1. The summed E-state index contributed by atoms with van der Waals surface area (Å²) in [4.78, 5) is 24.7. The fourth-order valence-corrected chi connectivity index (χ4v) is 9.28. The number of carbonyl (C=O) groups is 2. The first kappa shape index (κ1) is 34.6. The lowest BCUT2D eigenvalue weighted by molar-refractivity contribution is -0.139. The van der Waals surface area contributed by atoms with Gasteiger partial charge < -0.3 is 15.7 Å². The van der Waals surface area contributed by atoms with Crippen molar-refractivity contribution < 1.29 is 14.7 Å². The van der Waals surface area contributed by atoms with Gasteiger partial charge in [-0.05, 0) is 110 Å². The van der Waals surface area contributed by atoms with Crippen molar-refractivity contribution in [3.63, 3.8) is 0 Å². The second-order valence-electron chi connectivity index (χ2n) is 13.8. The van der Waals surface area contributed by atoms with Gasteiger partial charge in [0.15, 0.2) is 5.78 Å². The zero-order valence-electron chi connectivity index (χ0n) is 27.1. The fourth-order valence-electron chi connectivity index (χ4n) is 6.26. The monoisotopic (exact) mass is 636 g/mol. The highest BCUT2D eigenvalue weighted by Crippen LogP contribution is 2.46. The predicted octanol–water partition coefficient (Wildman–Crippen LogP) is 9.27. The maximum Gasteiger partial charge on any atom is 0.320 e. The Kier molecular flexibility index (Phi) is 12.9. The van der Waals surface area contributed by atoms with Crippen molar-refractivity contribution in [2.75, 3.05) is 24.2 Å². The van der Waals surface area contributed by atoms with Gasteiger partial charge in [0.1, 0.15) is 6.04 Å². The highest BCUT2D eigenvalue weighted by Gasteiger charge is 2.37. The molecule has 2 atom stereocenters. The van der Waals surface area contributed by atoms with Gasteiger partial charge in [-0.1, -0.05) is 92.5 Å². The summed E-state index contributed by atoms with van der Waals surface area (Å²) in [5, 5.41) is 17.1. The van der Waals surface area contributed by atoms with Crippen LogP contribution in [0.1, 0.15) is 119 Å². The molecule has 0 aromatic heterocycles. The van der Waals surface area contributed by atoms with Gasteiger partial charge >= 0.3 is 5.97 Å². The van der Waals surface area contributed by atoms with Crippen LogP contribution >= 0.6 is 21.6 Å². The first-order valence-electron chi connectivity index (χ1n) is 16.5. The van der Waals surface area contributed by atoms with Crippen LogP contribution < -0.4 is 10.6 Å². The third kappa shape index (κ3) is 10.1. The number of anilines is 1. The van der Waals surface area contributed by atoms with E-state index in [2.05, 4.69) is 50.5 Å². The predicted molar refractivity (Wildman–Crippen MR) is 190 cm³/mol. The second kappa shape index (κ2) is 16.4. The Labute approximate surface area is 273 Å². The van der Waals surface area contributed by atoms with Crippen LogP contribution in [0.4, 0.5) is 5.69 Å². The summed E-state index contributed by atoms with van der Waals surface area (Å²) in [5.41, 5.74) is 5.64. The van der Waals surface area contributed by atoms with Crippen LogP contribution in [0.3, 0.4) is 0 Å². The number of allylic oxidation sites excluding steroid dienone is 1. The van der Waals surface area contributed by atoms with E-state index in [-0.39, 0.29) is 16.6 Å².